The lowest BCUT2D eigenvalue weighted by molar-refractivity contribution is 0.0951. The average molecular weight is 278 g/mol. The van der Waals surface area contributed by atoms with Gasteiger partial charge in [-0.15, -0.1) is 0 Å². The lowest BCUT2D eigenvalue weighted by Gasteiger charge is -2.32. The molecule has 5 heteroatoms. The van der Waals surface area contributed by atoms with Gasteiger partial charge in [0, 0.05) is 30.5 Å². The first-order valence-corrected chi connectivity index (χ1v) is 7.12. The molecule has 1 heterocycles. The Labute approximate surface area is 121 Å². The zero-order valence-electron chi connectivity index (χ0n) is 12.9. The van der Waals surface area contributed by atoms with Crippen LogP contribution in [0.3, 0.4) is 0 Å². The Balaban J connectivity index is 2.86. The average Bonchev–Trinajstić information content (AvgIpc) is 2.38. The molecule has 0 bridgehead atoms. The molecule has 1 aromatic rings. The van der Waals surface area contributed by atoms with Crippen LogP contribution in [0.2, 0.25) is 0 Å². The lowest BCUT2D eigenvalue weighted by Crippen LogP contribution is -2.43. The molecule has 0 spiro atoms. The van der Waals surface area contributed by atoms with Crippen molar-refractivity contribution in [3.8, 4) is 0 Å². The van der Waals surface area contributed by atoms with Gasteiger partial charge < -0.3 is 16.4 Å². The van der Waals surface area contributed by atoms with E-state index in [-0.39, 0.29) is 11.4 Å². The number of carbonyl (C=O) groups excluding carboxylic acids is 1. The predicted octanol–water partition coefficient (Wildman–Crippen LogP) is 2.01. The van der Waals surface area contributed by atoms with E-state index in [1.165, 1.54) is 0 Å². The van der Waals surface area contributed by atoms with Gasteiger partial charge in [-0.3, -0.25) is 9.78 Å². The van der Waals surface area contributed by atoms with Gasteiger partial charge in [0.15, 0.2) is 0 Å². The quantitative estimate of drug-likeness (QED) is 0.712. The summed E-state index contributed by atoms with van der Waals surface area (Å²) < 4.78 is 0. The van der Waals surface area contributed by atoms with Crippen LogP contribution in [0.25, 0.3) is 0 Å². The van der Waals surface area contributed by atoms with Crippen molar-refractivity contribution in [2.45, 2.75) is 39.7 Å². The first-order chi connectivity index (χ1) is 9.40. The third kappa shape index (κ3) is 4.81. The molecule has 5 nitrogen and oxygen atoms in total. The highest BCUT2D eigenvalue weighted by molar-refractivity contribution is 5.93. The van der Waals surface area contributed by atoms with E-state index in [9.17, 15) is 4.79 Å². The molecular weight excluding hydrogens is 252 g/mol. The van der Waals surface area contributed by atoms with E-state index in [0.717, 1.165) is 12.1 Å². The van der Waals surface area contributed by atoms with Crippen molar-refractivity contribution in [1.82, 2.24) is 10.3 Å². The van der Waals surface area contributed by atoms with Gasteiger partial charge in [0.25, 0.3) is 5.91 Å². The van der Waals surface area contributed by atoms with E-state index >= 15 is 0 Å². The van der Waals surface area contributed by atoms with Crippen LogP contribution >= 0.6 is 0 Å². The summed E-state index contributed by atoms with van der Waals surface area (Å²) in [6, 6.07) is 3.62. The summed E-state index contributed by atoms with van der Waals surface area (Å²) in [6.07, 6.45) is 2.60. The van der Waals surface area contributed by atoms with Gasteiger partial charge in [-0.2, -0.15) is 0 Å². The predicted molar refractivity (Wildman–Crippen MR) is 82.8 cm³/mol. The van der Waals surface area contributed by atoms with Gasteiger partial charge in [-0.25, -0.2) is 0 Å². The highest BCUT2D eigenvalue weighted by Gasteiger charge is 2.23. The summed E-state index contributed by atoms with van der Waals surface area (Å²) in [5.74, 6) is 0.384. The zero-order valence-corrected chi connectivity index (χ0v) is 12.9. The van der Waals surface area contributed by atoms with Gasteiger partial charge >= 0.3 is 0 Å². The number of pyridine rings is 1. The summed E-state index contributed by atoms with van der Waals surface area (Å²) >= 11 is 0. The molecule has 112 valence electrons. The fourth-order valence-corrected chi connectivity index (χ4v) is 2.32. The number of nitrogens with zero attached hydrogens (tertiary/aromatic N) is 1. The van der Waals surface area contributed by atoms with Crippen LogP contribution in [-0.4, -0.2) is 29.5 Å². The number of rotatable bonds is 7. The summed E-state index contributed by atoms with van der Waals surface area (Å²) in [5.41, 5.74) is 6.99. The third-order valence-electron chi connectivity index (χ3n) is 3.09. The summed E-state index contributed by atoms with van der Waals surface area (Å²) in [5, 5.41) is 6.17. The number of anilines is 1. The molecule has 0 aliphatic rings. The van der Waals surface area contributed by atoms with Crippen LogP contribution in [-0.2, 0) is 0 Å². The standard InChI is InChI=1S/C15H26N4O/c1-5-17-14(20)13-8-12(6-7-18-13)19-15(4,10-16)9-11(2)3/h6-8,11H,5,9-10,16H2,1-4H3,(H,17,20)(H,18,19). The Morgan fingerprint density at radius 3 is 2.75 bits per heavy atom. The molecule has 0 saturated heterocycles. The Morgan fingerprint density at radius 1 is 1.50 bits per heavy atom. The molecule has 1 amide bonds. The normalized spacial score (nSPS) is 13.9. The van der Waals surface area contributed by atoms with Crippen LogP contribution in [0, 0.1) is 5.92 Å². The minimum atomic E-state index is -0.186. The van der Waals surface area contributed by atoms with Gasteiger partial charge in [0.2, 0.25) is 0 Å². The molecule has 1 rings (SSSR count). The number of hydrogen-bond acceptors (Lipinski definition) is 4. The molecule has 0 aliphatic heterocycles. The molecule has 0 fully saturated rings. The molecule has 1 aromatic heterocycles. The summed E-state index contributed by atoms with van der Waals surface area (Å²) in [7, 11) is 0. The molecule has 0 saturated carbocycles. The van der Waals surface area contributed by atoms with Gasteiger partial charge in [0.1, 0.15) is 5.69 Å². The summed E-state index contributed by atoms with van der Waals surface area (Å²) in [4.78, 5) is 15.9. The molecular formula is C15H26N4O. The van der Waals surface area contributed by atoms with Crippen LogP contribution in [0.4, 0.5) is 5.69 Å². The molecule has 1 unspecified atom stereocenters. The van der Waals surface area contributed by atoms with Crippen molar-refractivity contribution in [3.63, 3.8) is 0 Å². The monoisotopic (exact) mass is 278 g/mol. The highest BCUT2D eigenvalue weighted by Crippen LogP contribution is 2.21. The molecule has 1 atom stereocenters. The van der Waals surface area contributed by atoms with E-state index in [4.69, 9.17) is 5.73 Å². The van der Waals surface area contributed by atoms with Crippen LogP contribution in [0.5, 0.6) is 0 Å². The smallest absolute Gasteiger partial charge is 0.269 e. The molecule has 0 radical (unpaired) electrons. The number of carbonyl (C=O) groups is 1. The van der Waals surface area contributed by atoms with E-state index in [1.807, 2.05) is 13.0 Å². The number of nitrogens with one attached hydrogen (secondary N) is 2. The Kier molecular flexibility index (Phi) is 5.95. The first-order valence-electron chi connectivity index (χ1n) is 7.12. The fourth-order valence-electron chi connectivity index (χ4n) is 2.32. The van der Waals surface area contributed by atoms with Crippen molar-refractivity contribution in [2.24, 2.45) is 11.7 Å². The van der Waals surface area contributed by atoms with E-state index in [2.05, 4.69) is 36.4 Å². The van der Waals surface area contributed by atoms with Gasteiger partial charge in [0.05, 0.1) is 0 Å². The Hall–Kier alpha value is -1.62. The Bertz CT molecular complexity index is 447. The van der Waals surface area contributed by atoms with Crippen LogP contribution < -0.4 is 16.4 Å². The maximum absolute atomic E-state index is 11.8. The van der Waals surface area contributed by atoms with Crippen molar-refractivity contribution >= 4 is 11.6 Å². The second kappa shape index (κ2) is 7.24. The number of nitrogens with two attached hydrogens (primary N) is 1. The SMILES string of the molecule is CCNC(=O)c1cc(NC(C)(CN)CC(C)C)ccn1. The van der Waals surface area contributed by atoms with E-state index in [1.54, 1.807) is 12.3 Å². The molecule has 4 N–H and O–H groups in total. The Morgan fingerprint density at radius 2 is 2.20 bits per heavy atom. The number of amides is 1. The van der Waals surface area contributed by atoms with Crippen molar-refractivity contribution < 1.29 is 4.79 Å². The van der Waals surface area contributed by atoms with Gasteiger partial charge in [-0.05, 0) is 38.3 Å². The molecule has 0 aliphatic carbocycles. The topological polar surface area (TPSA) is 80.0 Å². The van der Waals surface area contributed by atoms with Crippen molar-refractivity contribution in [1.29, 1.82) is 0 Å². The van der Waals surface area contributed by atoms with Gasteiger partial charge in [-0.1, -0.05) is 13.8 Å². The number of aromatic nitrogens is 1. The number of hydrogen-bond donors (Lipinski definition) is 3. The molecule has 0 aromatic carbocycles. The van der Waals surface area contributed by atoms with Crippen molar-refractivity contribution in [3.05, 3.63) is 24.0 Å². The van der Waals surface area contributed by atoms with E-state index < -0.39 is 0 Å². The van der Waals surface area contributed by atoms with E-state index in [0.29, 0.717) is 24.7 Å². The maximum Gasteiger partial charge on any atom is 0.269 e. The second-order valence-corrected chi connectivity index (χ2v) is 5.78. The molecule has 20 heavy (non-hydrogen) atoms. The van der Waals surface area contributed by atoms with Crippen molar-refractivity contribution in [2.75, 3.05) is 18.4 Å². The lowest BCUT2D eigenvalue weighted by atomic mass is 9.90. The van der Waals surface area contributed by atoms with Crippen LogP contribution in [0.15, 0.2) is 18.3 Å². The van der Waals surface area contributed by atoms with Crippen LogP contribution in [0.1, 0.15) is 44.6 Å². The minimum absolute atomic E-state index is 0.158. The first kappa shape index (κ1) is 16.4. The second-order valence-electron chi connectivity index (χ2n) is 5.78. The third-order valence-corrected chi connectivity index (χ3v) is 3.09. The zero-order chi connectivity index (χ0) is 15.2. The summed E-state index contributed by atoms with van der Waals surface area (Å²) in [6.45, 7) is 9.44. The highest BCUT2D eigenvalue weighted by atomic mass is 16.1. The largest absolute Gasteiger partial charge is 0.378 e. The minimum Gasteiger partial charge on any atom is -0.378 e. The maximum atomic E-state index is 11.8. The fraction of sp³-hybridized carbons (Fsp3) is 0.600.